The lowest BCUT2D eigenvalue weighted by atomic mass is 9.93. The standard InChI is InChI=1S/C19H24N2/c1-12-8-9-13(2)18(10-12)14(3)11-15(4)19-16(5)17(6)20-21(19)7/h8-10H,3-4,11H2,1-2,5-7H3. The van der Waals surface area contributed by atoms with Crippen LogP contribution in [0.1, 0.15) is 40.1 Å². The Hall–Kier alpha value is -2.09. The molecule has 21 heavy (non-hydrogen) atoms. The third kappa shape index (κ3) is 2.99. The van der Waals surface area contributed by atoms with Gasteiger partial charge in [0.1, 0.15) is 0 Å². The van der Waals surface area contributed by atoms with Crippen LogP contribution in [0.4, 0.5) is 0 Å². The second-order valence-corrected chi connectivity index (χ2v) is 5.88. The van der Waals surface area contributed by atoms with Crippen molar-refractivity contribution in [2.45, 2.75) is 34.1 Å². The lowest BCUT2D eigenvalue weighted by Gasteiger charge is -2.13. The van der Waals surface area contributed by atoms with Crippen LogP contribution in [0, 0.1) is 27.7 Å². The van der Waals surface area contributed by atoms with Gasteiger partial charge in [-0.15, -0.1) is 0 Å². The Morgan fingerprint density at radius 3 is 2.33 bits per heavy atom. The Morgan fingerprint density at radius 2 is 1.76 bits per heavy atom. The van der Waals surface area contributed by atoms with Crippen LogP contribution in [0.5, 0.6) is 0 Å². The maximum Gasteiger partial charge on any atom is 0.0667 e. The van der Waals surface area contributed by atoms with Gasteiger partial charge >= 0.3 is 0 Å². The van der Waals surface area contributed by atoms with E-state index in [4.69, 9.17) is 0 Å². The molecule has 1 aromatic heterocycles. The van der Waals surface area contributed by atoms with E-state index in [0.29, 0.717) is 0 Å². The number of aryl methyl sites for hydroxylation is 4. The molecular weight excluding hydrogens is 256 g/mol. The van der Waals surface area contributed by atoms with Gasteiger partial charge in [0.15, 0.2) is 0 Å². The normalized spacial score (nSPS) is 10.7. The molecule has 0 amide bonds. The predicted octanol–water partition coefficient (Wildman–Crippen LogP) is 4.77. The average molecular weight is 280 g/mol. The van der Waals surface area contributed by atoms with E-state index in [-0.39, 0.29) is 0 Å². The van der Waals surface area contributed by atoms with E-state index in [1.54, 1.807) is 0 Å². The number of allylic oxidation sites excluding steroid dienone is 2. The predicted molar refractivity (Wildman–Crippen MR) is 91.3 cm³/mol. The monoisotopic (exact) mass is 280 g/mol. The first-order chi connectivity index (χ1) is 9.81. The van der Waals surface area contributed by atoms with Crippen molar-refractivity contribution < 1.29 is 0 Å². The second kappa shape index (κ2) is 5.72. The van der Waals surface area contributed by atoms with Crippen LogP contribution < -0.4 is 0 Å². The first kappa shape index (κ1) is 15.3. The number of rotatable bonds is 4. The van der Waals surface area contributed by atoms with Gasteiger partial charge in [-0.25, -0.2) is 0 Å². The van der Waals surface area contributed by atoms with Crippen LogP contribution in [0.3, 0.4) is 0 Å². The maximum absolute atomic E-state index is 4.47. The SMILES string of the molecule is C=C(CC(=C)c1c(C)c(C)nn1C)c1cc(C)ccc1C. The van der Waals surface area contributed by atoms with Crippen LogP contribution in [-0.2, 0) is 7.05 Å². The highest BCUT2D eigenvalue weighted by molar-refractivity contribution is 5.79. The van der Waals surface area contributed by atoms with Gasteiger partial charge in [0.2, 0.25) is 0 Å². The third-order valence-corrected chi connectivity index (χ3v) is 4.06. The van der Waals surface area contributed by atoms with E-state index >= 15 is 0 Å². The lowest BCUT2D eigenvalue weighted by Crippen LogP contribution is -1.99. The van der Waals surface area contributed by atoms with Crippen LogP contribution >= 0.6 is 0 Å². The first-order valence-corrected chi connectivity index (χ1v) is 7.25. The summed E-state index contributed by atoms with van der Waals surface area (Å²) < 4.78 is 1.92. The van der Waals surface area contributed by atoms with Gasteiger partial charge in [-0.3, -0.25) is 4.68 Å². The Balaban J connectivity index is 2.27. The zero-order chi connectivity index (χ0) is 15.7. The molecule has 0 bridgehead atoms. The average Bonchev–Trinajstić information content (AvgIpc) is 2.66. The molecule has 0 aliphatic rings. The fraction of sp³-hybridized carbons (Fsp3) is 0.316. The van der Waals surface area contributed by atoms with E-state index in [2.05, 4.69) is 57.2 Å². The van der Waals surface area contributed by atoms with Crippen molar-refractivity contribution in [3.05, 3.63) is 65.0 Å². The van der Waals surface area contributed by atoms with E-state index in [0.717, 1.165) is 29.0 Å². The van der Waals surface area contributed by atoms with E-state index in [1.807, 2.05) is 18.7 Å². The number of benzene rings is 1. The molecule has 0 unspecified atom stereocenters. The molecule has 2 heteroatoms. The first-order valence-electron chi connectivity index (χ1n) is 7.25. The third-order valence-electron chi connectivity index (χ3n) is 4.06. The molecule has 110 valence electrons. The summed E-state index contributed by atoms with van der Waals surface area (Å²) in [5.74, 6) is 0. The maximum atomic E-state index is 4.47. The molecule has 2 aromatic rings. The van der Waals surface area contributed by atoms with Crippen molar-refractivity contribution in [2.24, 2.45) is 7.05 Å². The molecule has 0 aliphatic heterocycles. The Morgan fingerprint density at radius 1 is 1.10 bits per heavy atom. The van der Waals surface area contributed by atoms with Gasteiger partial charge in [-0.1, -0.05) is 36.9 Å². The van der Waals surface area contributed by atoms with Gasteiger partial charge < -0.3 is 0 Å². The molecule has 0 radical (unpaired) electrons. The minimum Gasteiger partial charge on any atom is -0.268 e. The van der Waals surface area contributed by atoms with Crippen molar-refractivity contribution in [1.82, 2.24) is 9.78 Å². The summed E-state index contributed by atoms with van der Waals surface area (Å²) in [6.45, 7) is 16.9. The van der Waals surface area contributed by atoms with Crippen molar-refractivity contribution in [2.75, 3.05) is 0 Å². The highest BCUT2D eigenvalue weighted by atomic mass is 15.3. The summed E-state index contributed by atoms with van der Waals surface area (Å²) in [6, 6.07) is 6.49. The van der Waals surface area contributed by atoms with Crippen molar-refractivity contribution in [1.29, 1.82) is 0 Å². The topological polar surface area (TPSA) is 17.8 Å². The summed E-state index contributed by atoms with van der Waals surface area (Å²) in [7, 11) is 1.97. The zero-order valence-corrected chi connectivity index (χ0v) is 13.7. The fourth-order valence-corrected chi connectivity index (χ4v) is 2.81. The van der Waals surface area contributed by atoms with Gasteiger partial charge in [0.05, 0.1) is 11.4 Å². The molecule has 0 spiro atoms. The smallest absolute Gasteiger partial charge is 0.0667 e. The fourth-order valence-electron chi connectivity index (χ4n) is 2.81. The molecular formula is C19H24N2. The molecule has 0 fully saturated rings. The highest BCUT2D eigenvalue weighted by Crippen LogP contribution is 2.30. The molecule has 0 N–H and O–H groups in total. The zero-order valence-electron chi connectivity index (χ0n) is 13.7. The minimum atomic E-state index is 0.768. The molecule has 0 saturated heterocycles. The second-order valence-electron chi connectivity index (χ2n) is 5.88. The Labute approximate surface area is 127 Å². The molecule has 0 aliphatic carbocycles. The summed E-state index contributed by atoms with van der Waals surface area (Å²) in [5, 5.41) is 4.47. The van der Waals surface area contributed by atoms with Gasteiger partial charge in [0, 0.05) is 7.05 Å². The van der Waals surface area contributed by atoms with Crippen LogP contribution in [0.2, 0.25) is 0 Å². The van der Waals surface area contributed by atoms with E-state index < -0.39 is 0 Å². The van der Waals surface area contributed by atoms with Crippen molar-refractivity contribution >= 4 is 11.1 Å². The van der Waals surface area contributed by atoms with E-state index in [9.17, 15) is 0 Å². The number of nitrogens with zero attached hydrogens (tertiary/aromatic N) is 2. The van der Waals surface area contributed by atoms with Crippen molar-refractivity contribution in [3.63, 3.8) is 0 Å². The number of hydrogen-bond acceptors (Lipinski definition) is 1. The summed E-state index contributed by atoms with van der Waals surface area (Å²) in [6.07, 6.45) is 0.768. The van der Waals surface area contributed by atoms with Crippen molar-refractivity contribution in [3.8, 4) is 0 Å². The highest BCUT2D eigenvalue weighted by Gasteiger charge is 2.14. The van der Waals surface area contributed by atoms with Crippen LogP contribution in [0.15, 0.2) is 31.4 Å². The van der Waals surface area contributed by atoms with Crippen LogP contribution in [0.25, 0.3) is 11.1 Å². The summed E-state index contributed by atoms with van der Waals surface area (Å²) >= 11 is 0. The molecule has 0 saturated carbocycles. The van der Waals surface area contributed by atoms with E-state index in [1.165, 1.54) is 22.3 Å². The largest absolute Gasteiger partial charge is 0.268 e. The Bertz CT molecular complexity index is 717. The van der Waals surface area contributed by atoms with Gasteiger partial charge in [0.25, 0.3) is 0 Å². The van der Waals surface area contributed by atoms with Gasteiger partial charge in [-0.2, -0.15) is 5.10 Å². The summed E-state index contributed by atoms with van der Waals surface area (Å²) in [4.78, 5) is 0. The lowest BCUT2D eigenvalue weighted by molar-refractivity contribution is 0.744. The minimum absolute atomic E-state index is 0.768. The Kier molecular flexibility index (Phi) is 4.17. The molecule has 1 heterocycles. The molecule has 0 atom stereocenters. The molecule has 1 aromatic carbocycles. The summed E-state index contributed by atoms with van der Waals surface area (Å²) in [5.41, 5.74) is 9.32. The molecule has 2 nitrogen and oxygen atoms in total. The number of aromatic nitrogens is 2. The number of hydrogen-bond donors (Lipinski definition) is 0. The van der Waals surface area contributed by atoms with Gasteiger partial charge in [-0.05, 0) is 62.0 Å². The van der Waals surface area contributed by atoms with Crippen LogP contribution in [-0.4, -0.2) is 9.78 Å². The quantitative estimate of drug-likeness (QED) is 0.788. The molecule has 2 rings (SSSR count).